The fourth-order valence-electron chi connectivity index (χ4n) is 4.04. The van der Waals surface area contributed by atoms with Crippen LogP contribution in [0.2, 0.25) is 0 Å². The summed E-state index contributed by atoms with van der Waals surface area (Å²) in [6, 6.07) is 9.61. The molecule has 9 heteroatoms. The number of halogens is 6. The molecule has 0 saturated carbocycles. The summed E-state index contributed by atoms with van der Waals surface area (Å²) < 4.78 is 81.8. The van der Waals surface area contributed by atoms with Gasteiger partial charge in [-0.2, -0.15) is 26.3 Å². The van der Waals surface area contributed by atoms with Crippen LogP contribution in [0.4, 0.5) is 26.3 Å². The lowest BCUT2D eigenvalue weighted by atomic mass is 9.94. The minimum Gasteiger partial charge on any atom is -0.354 e. The Morgan fingerprint density at radius 1 is 0.906 bits per heavy atom. The fraction of sp³-hybridized carbons (Fsp3) is 0.261. The molecule has 0 aliphatic heterocycles. The molecule has 0 unspecified atom stereocenters. The van der Waals surface area contributed by atoms with Gasteiger partial charge in [0.1, 0.15) is 0 Å². The maximum Gasteiger partial charge on any atom is 0.417 e. The SMILES string of the molecule is NCCCCc1c(-c2cccc3ncccc23)[nH]c2cc(C(F)(F)F)cc(C(F)(F)F)c12. The summed E-state index contributed by atoms with van der Waals surface area (Å²) in [5.41, 5.74) is 4.59. The number of hydrogen-bond donors (Lipinski definition) is 2. The van der Waals surface area contributed by atoms with E-state index in [2.05, 4.69) is 9.97 Å². The topological polar surface area (TPSA) is 54.7 Å². The van der Waals surface area contributed by atoms with Crippen LogP contribution in [-0.2, 0) is 18.8 Å². The van der Waals surface area contributed by atoms with Gasteiger partial charge in [-0.25, -0.2) is 0 Å². The minimum absolute atomic E-state index is 0.192. The van der Waals surface area contributed by atoms with E-state index >= 15 is 0 Å². The maximum absolute atomic E-state index is 13.9. The number of aromatic amines is 1. The monoisotopic (exact) mass is 451 g/mol. The van der Waals surface area contributed by atoms with E-state index in [9.17, 15) is 26.3 Å². The Morgan fingerprint density at radius 3 is 2.38 bits per heavy atom. The van der Waals surface area contributed by atoms with E-state index in [4.69, 9.17) is 5.73 Å². The second kappa shape index (κ2) is 8.12. The van der Waals surface area contributed by atoms with Crippen LogP contribution < -0.4 is 5.73 Å². The van der Waals surface area contributed by atoms with E-state index in [1.807, 2.05) is 0 Å². The van der Waals surface area contributed by atoms with Crippen LogP contribution in [0.5, 0.6) is 0 Å². The number of aryl methyl sites for hydroxylation is 1. The van der Waals surface area contributed by atoms with E-state index in [-0.39, 0.29) is 23.4 Å². The van der Waals surface area contributed by atoms with Gasteiger partial charge in [0.25, 0.3) is 0 Å². The Morgan fingerprint density at radius 2 is 1.69 bits per heavy atom. The van der Waals surface area contributed by atoms with Gasteiger partial charge in [0.15, 0.2) is 0 Å². The summed E-state index contributed by atoms with van der Waals surface area (Å²) in [7, 11) is 0. The fourth-order valence-corrected chi connectivity index (χ4v) is 4.04. The highest BCUT2D eigenvalue weighted by Gasteiger charge is 2.39. The molecule has 0 aliphatic carbocycles. The first-order valence-electron chi connectivity index (χ1n) is 9.98. The Bertz CT molecular complexity index is 1270. The predicted octanol–water partition coefficient (Wildman–Crippen LogP) is 6.70. The summed E-state index contributed by atoms with van der Waals surface area (Å²) in [5.74, 6) is 0. The molecule has 2 heterocycles. The molecule has 2 aromatic heterocycles. The second-order valence-corrected chi connectivity index (χ2v) is 7.54. The van der Waals surface area contributed by atoms with Crippen LogP contribution in [0.25, 0.3) is 33.1 Å². The maximum atomic E-state index is 13.9. The van der Waals surface area contributed by atoms with Crippen molar-refractivity contribution in [3.63, 3.8) is 0 Å². The van der Waals surface area contributed by atoms with E-state index < -0.39 is 23.5 Å². The average Bonchev–Trinajstić information content (AvgIpc) is 3.10. The lowest BCUT2D eigenvalue weighted by Crippen LogP contribution is -2.11. The first-order valence-corrected chi connectivity index (χ1v) is 9.98. The Labute approximate surface area is 179 Å². The molecule has 0 fully saturated rings. The van der Waals surface area contributed by atoms with Crippen molar-refractivity contribution in [2.75, 3.05) is 6.54 Å². The number of nitrogens with zero attached hydrogens (tertiary/aromatic N) is 1. The third kappa shape index (κ3) is 4.04. The van der Waals surface area contributed by atoms with E-state index in [0.717, 1.165) is 6.07 Å². The van der Waals surface area contributed by atoms with Crippen molar-refractivity contribution in [2.24, 2.45) is 5.73 Å². The van der Waals surface area contributed by atoms with Gasteiger partial charge in [0, 0.05) is 28.0 Å². The summed E-state index contributed by atoms with van der Waals surface area (Å²) in [6.07, 6.45) is -6.97. The minimum atomic E-state index is -4.96. The molecule has 0 spiro atoms. The zero-order valence-corrected chi connectivity index (χ0v) is 16.7. The molecular weight excluding hydrogens is 432 g/mol. The first-order chi connectivity index (χ1) is 15.1. The van der Waals surface area contributed by atoms with E-state index in [1.165, 1.54) is 0 Å². The third-order valence-electron chi connectivity index (χ3n) is 5.43. The van der Waals surface area contributed by atoms with Crippen LogP contribution in [0.1, 0.15) is 29.5 Å². The molecule has 4 rings (SSSR count). The summed E-state index contributed by atoms with van der Waals surface area (Å²) in [5, 5.41) is 0.449. The van der Waals surface area contributed by atoms with Crippen LogP contribution >= 0.6 is 0 Å². The molecule has 4 aromatic rings. The summed E-state index contributed by atoms with van der Waals surface area (Å²) >= 11 is 0. The van der Waals surface area contributed by atoms with E-state index in [1.54, 1.807) is 36.5 Å². The molecule has 0 aliphatic rings. The molecule has 0 saturated heterocycles. The van der Waals surface area contributed by atoms with Gasteiger partial charge in [-0.3, -0.25) is 4.98 Å². The number of benzene rings is 2. The van der Waals surface area contributed by atoms with Crippen LogP contribution in [-0.4, -0.2) is 16.5 Å². The number of hydrogen-bond acceptors (Lipinski definition) is 2. The van der Waals surface area contributed by atoms with Gasteiger partial charge in [-0.15, -0.1) is 0 Å². The molecule has 2 aromatic carbocycles. The Kier molecular flexibility index (Phi) is 5.62. The zero-order valence-electron chi connectivity index (χ0n) is 16.7. The van der Waals surface area contributed by atoms with Crippen molar-refractivity contribution in [3.8, 4) is 11.3 Å². The molecular formula is C23H19F6N3. The standard InChI is InChI=1S/C23H19F6N3/c24-22(25,26)13-11-17(23(27,28)29)20-16(5-1-2-9-30)21(32-19(20)12-13)15-6-3-8-18-14(15)7-4-10-31-18/h3-4,6-8,10-12,32H,1-2,5,9,30H2. The van der Waals surface area contributed by atoms with Crippen molar-refractivity contribution < 1.29 is 26.3 Å². The number of alkyl halides is 6. The highest BCUT2D eigenvalue weighted by atomic mass is 19.4. The highest BCUT2D eigenvalue weighted by Crippen LogP contribution is 2.44. The van der Waals surface area contributed by atoms with Gasteiger partial charge in [-0.1, -0.05) is 18.2 Å². The van der Waals surface area contributed by atoms with Crippen molar-refractivity contribution in [1.29, 1.82) is 0 Å². The number of fused-ring (bicyclic) bond motifs is 2. The van der Waals surface area contributed by atoms with Crippen LogP contribution in [0, 0.1) is 0 Å². The summed E-state index contributed by atoms with van der Waals surface area (Å²) in [6.45, 7) is 0.361. The van der Waals surface area contributed by atoms with Gasteiger partial charge in [0.05, 0.1) is 22.3 Å². The van der Waals surface area contributed by atoms with Crippen molar-refractivity contribution in [2.45, 2.75) is 31.6 Å². The first kappa shape index (κ1) is 22.1. The van der Waals surface area contributed by atoms with Crippen molar-refractivity contribution in [1.82, 2.24) is 9.97 Å². The number of pyridine rings is 1. The molecule has 168 valence electrons. The van der Waals surface area contributed by atoms with Gasteiger partial charge >= 0.3 is 12.4 Å². The van der Waals surface area contributed by atoms with Gasteiger partial charge in [0.2, 0.25) is 0 Å². The van der Waals surface area contributed by atoms with Crippen molar-refractivity contribution in [3.05, 3.63) is 65.4 Å². The number of unbranched alkanes of at least 4 members (excludes halogenated alkanes) is 1. The molecule has 3 N–H and O–H groups in total. The zero-order chi connectivity index (χ0) is 23.1. The molecule has 32 heavy (non-hydrogen) atoms. The Balaban J connectivity index is 2.07. The van der Waals surface area contributed by atoms with E-state index in [0.29, 0.717) is 47.1 Å². The molecule has 0 radical (unpaired) electrons. The molecule has 0 amide bonds. The van der Waals surface area contributed by atoms with Gasteiger partial charge < -0.3 is 10.7 Å². The summed E-state index contributed by atoms with van der Waals surface area (Å²) in [4.78, 5) is 7.14. The number of nitrogens with two attached hydrogens (primary N) is 1. The molecule has 0 bridgehead atoms. The average molecular weight is 451 g/mol. The largest absolute Gasteiger partial charge is 0.417 e. The molecule has 3 nitrogen and oxygen atoms in total. The predicted molar refractivity (Wildman–Crippen MR) is 111 cm³/mol. The number of rotatable bonds is 5. The third-order valence-corrected chi connectivity index (χ3v) is 5.43. The second-order valence-electron chi connectivity index (χ2n) is 7.54. The number of aromatic nitrogens is 2. The number of H-pyrrole nitrogens is 1. The van der Waals surface area contributed by atoms with Crippen molar-refractivity contribution >= 4 is 21.8 Å². The lowest BCUT2D eigenvalue weighted by Gasteiger charge is -2.14. The normalized spacial score (nSPS) is 12.7. The molecule has 0 atom stereocenters. The quantitative estimate of drug-likeness (QED) is 0.262. The Hall–Kier alpha value is -3.07. The van der Waals surface area contributed by atoms with Crippen LogP contribution in [0.15, 0.2) is 48.7 Å². The number of nitrogens with one attached hydrogen (secondary N) is 1. The lowest BCUT2D eigenvalue weighted by molar-refractivity contribution is -0.142. The van der Waals surface area contributed by atoms with Gasteiger partial charge in [-0.05, 0) is 55.6 Å². The van der Waals surface area contributed by atoms with Crippen LogP contribution in [0.3, 0.4) is 0 Å². The highest BCUT2D eigenvalue weighted by molar-refractivity contribution is 6.00. The smallest absolute Gasteiger partial charge is 0.354 e.